The Morgan fingerprint density at radius 3 is 2.48 bits per heavy atom. The monoisotopic (exact) mass is 421 g/mol. The van der Waals surface area contributed by atoms with Crippen molar-refractivity contribution in [1.29, 1.82) is 0 Å². The third-order valence-electron chi connectivity index (χ3n) is 3.77. The highest BCUT2D eigenvalue weighted by atomic mass is 32.2. The number of thioether (sulfide) groups is 1. The molecule has 3 aromatic rings. The Balaban J connectivity index is 1.76. The second kappa shape index (κ2) is 8.48. The Kier molecular flexibility index (Phi) is 6.02. The molecular weight excluding hydrogens is 407 g/mol. The SMILES string of the molecule is COc1ccccc1C(=O)NC(=O)CSc1nc(C(F)(F)F)nc2ccccc12. The Bertz CT molecular complexity index is 1070. The molecule has 0 atom stereocenters. The van der Waals surface area contributed by atoms with Gasteiger partial charge in [-0.3, -0.25) is 14.9 Å². The van der Waals surface area contributed by atoms with E-state index in [1.807, 2.05) is 0 Å². The van der Waals surface area contributed by atoms with Crippen LogP contribution in [0.25, 0.3) is 10.9 Å². The van der Waals surface area contributed by atoms with Gasteiger partial charge < -0.3 is 4.74 Å². The van der Waals surface area contributed by atoms with Crippen molar-refractivity contribution in [3.63, 3.8) is 0 Å². The molecule has 6 nitrogen and oxygen atoms in total. The van der Waals surface area contributed by atoms with Gasteiger partial charge in [0.25, 0.3) is 5.91 Å². The molecule has 0 saturated carbocycles. The summed E-state index contributed by atoms with van der Waals surface area (Å²) in [5, 5.41) is 2.58. The van der Waals surface area contributed by atoms with E-state index in [-0.39, 0.29) is 21.9 Å². The number of nitrogens with zero attached hydrogens (tertiary/aromatic N) is 2. The fraction of sp³-hybridized carbons (Fsp3) is 0.158. The normalized spacial score (nSPS) is 11.3. The van der Waals surface area contributed by atoms with Gasteiger partial charge >= 0.3 is 6.18 Å². The van der Waals surface area contributed by atoms with Crippen LogP contribution in [0.2, 0.25) is 0 Å². The molecule has 0 aliphatic heterocycles. The first kappa shape index (κ1) is 20.6. The average Bonchev–Trinajstić information content (AvgIpc) is 2.71. The highest BCUT2D eigenvalue weighted by Crippen LogP contribution is 2.32. The minimum absolute atomic E-state index is 0.00261. The van der Waals surface area contributed by atoms with Gasteiger partial charge in [0.1, 0.15) is 10.8 Å². The van der Waals surface area contributed by atoms with E-state index in [9.17, 15) is 22.8 Å². The molecule has 0 fully saturated rings. The summed E-state index contributed by atoms with van der Waals surface area (Å²) in [4.78, 5) is 31.5. The number of rotatable bonds is 5. The largest absolute Gasteiger partial charge is 0.496 e. The molecule has 2 aromatic carbocycles. The Morgan fingerprint density at radius 1 is 1.07 bits per heavy atom. The van der Waals surface area contributed by atoms with Crippen molar-refractivity contribution < 1.29 is 27.5 Å². The van der Waals surface area contributed by atoms with Crippen molar-refractivity contribution in [2.75, 3.05) is 12.9 Å². The minimum atomic E-state index is -4.72. The number of methoxy groups -OCH3 is 1. The first-order chi connectivity index (χ1) is 13.8. The molecule has 0 spiro atoms. The zero-order chi connectivity index (χ0) is 21.0. The van der Waals surface area contributed by atoms with Gasteiger partial charge in [0, 0.05) is 5.39 Å². The molecule has 10 heteroatoms. The highest BCUT2D eigenvalue weighted by molar-refractivity contribution is 8.00. The zero-order valence-corrected chi connectivity index (χ0v) is 15.8. The van der Waals surface area contributed by atoms with Crippen LogP contribution in [0.15, 0.2) is 53.6 Å². The summed E-state index contributed by atoms with van der Waals surface area (Å²) in [6.45, 7) is 0. The quantitative estimate of drug-likeness (QED) is 0.500. The number of hydrogen-bond acceptors (Lipinski definition) is 6. The average molecular weight is 421 g/mol. The van der Waals surface area contributed by atoms with Crippen molar-refractivity contribution in [2.24, 2.45) is 0 Å². The number of hydrogen-bond donors (Lipinski definition) is 1. The molecular formula is C19H14F3N3O3S. The van der Waals surface area contributed by atoms with Crippen molar-refractivity contribution in [1.82, 2.24) is 15.3 Å². The zero-order valence-electron chi connectivity index (χ0n) is 15.0. The van der Waals surface area contributed by atoms with E-state index in [1.165, 1.54) is 19.2 Å². The molecule has 0 saturated heterocycles. The smallest absolute Gasteiger partial charge is 0.451 e. The van der Waals surface area contributed by atoms with Gasteiger partial charge in [-0.25, -0.2) is 9.97 Å². The predicted molar refractivity (Wildman–Crippen MR) is 101 cm³/mol. The van der Waals surface area contributed by atoms with Crippen LogP contribution in [0.1, 0.15) is 16.2 Å². The number of ether oxygens (including phenoxy) is 1. The summed E-state index contributed by atoms with van der Waals surface area (Å²) < 4.78 is 44.2. The van der Waals surface area contributed by atoms with E-state index < -0.39 is 23.8 Å². The van der Waals surface area contributed by atoms with Crippen LogP contribution in [0.5, 0.6) is 5.75 Å². The summed E-state index contributed by atoms with van der Waals surface area (Å²) in [5.74, 6) is -2.65. The lowest BCUT2D eigenvalue weighted by molar-refractivity contribution is -0.145. The van der Waals surface area contributed by atoms with Crippen LogP contribution in [-0.2, 0) is 11.0 Å². The van der Waals surface area contributed by atoms with Gasteiger partial charge in [-0.1, -0.05) is 42.1 Å². The summed E-state index contributed by atoms with van der Waals surface area (Å²) in [7, 11) is 1.39. The second-order valence-corrected chi connectivity index (χ2v) is 6.70. The molecule has 1 aromatic heterocycles. The topological polar surface area (TPSA) is 81.2 Å². The molecule has 0 aliphatic carbocycles. The predicted octanol–water partition coefficient (Wildman–Crippen LogP) is 3.71. The first-order valence-corrected chi connectivity index (χ1v) is 9.22. The maximum absolute atomic E-state index is 13.1. The molecule has 0 bridgehead atoms. The number of carbonyl (C=O) groups is 2. The molecule has 150 valence electrons. The number of alkyl halides is 3. The molecule has 0 unspecified atom stereocenters. The van der Waals surface area contributed by atoms with Crippen LogP contribution in [0.4, 0.5) is 13.2 Å². The number of carbonyl (C=O) groups excluding carboxylic acids is 2. The van der Waals surface area contributed by atoms with E-state index in [2.05, 4.69) is 15.3 Å². The molecule has 1 N–H and O–H groups in total. The van der Waals surface area contributed by atoms with Crippen molar-refractivity contribution in [3.8, 4) is 5.75 Å². The van der Waals surface area contributed by atoms with E-state index >= 15 is 0 Å². The molecule has 1 heterocycles. The molecule has 0 aliphatic rings. The van der Waals surface area contributed by atoms with Gasteiger partial charge in [0.2, 0.25) is 11.7 Å². The van der Waals surface area contributed by atoms with Gasteiger partial charge in [0.15, 0.2) is 0 Å². The van der Waals surface area contributed by atoms with Crippen LogP contribution >= 0.6 is 11.8 Å². The maximum atomic E-state index is 13.1. The fourth-order valence-corrected chi connectivity index (χ4v) is 3.30. The number of aromatic nitrogens is 2. The van der Waals surface area contributed by atoms with Crippen LogP contribution < -0.4 is 10.1 Å². The van der Waals surface area contributed by atoms with Gasteiger partial charge in [-0.05, 0) is 18.2 Å². The number of nitrogens with one attached hydrogen (secondary N) is 1. The summed E-state index contributed by atoms with van der Waals surface area (Å²) >= 11 is 0.789. The second-order valence-electron chi connectivity index (χ2n) is 5.73. The highest BCUT2D eigenvalue weighted by Gasteiger charge is 2.35. The number of benzene rings is 2. The Hall–Kier alpha value is -3.14. The lowest BCUT2D eigenvalue weighted by atomic mass is 10.2. The van der Waals surface area contributed by atoms with Crippen molar-refractivity contribution in [2.45, 2.75) is 11.2 Å². The number of imide groups is 1. The minimum Gasteiger partial charge on any atom is -0.496 e. The number of fused-ring (bicyclic) bond motifs is 1. The van der Waals surface area contributed by atoms with E-state index in [0.717, 1.165) is 11.8 Å². The molecule has 2 amide bonds. The van der Waals surface area contributed by atoms with Gasteiger partial charge in [-0.2, -0.15) is 13.2 Å². The Morgan fingerprint density at radius 2 is 1.76 bits per heavy atom. The lowest BCUT2D eigenvalue weighted by Gasteiger charge is -2.11. The standard InChI is InChI=1S/C19H14F3N3O3S/c1-28-14-9-5-3-7-12(14)16(27)24-15(26)10-29-17-11-6-2-4-8-13(11)23-18(25-17)19(20,21)22/h2-9H,10H2,1H3,(H,24,26,27). The molecule has 0 radical (unpaired) electrons. The lowest BCUT2D eigenvalue weighted by Crippen LogP contribution is -2.32. The van der Waals surface area contributed by atoms with Gasteiger partial charge in [-0.15, -0.1) is 0 Å². The van der Waals surface area contributed by atoms with E-state index in [1.54, 1.807) is 36.4 Å². The Labute approximate surface area is 167 Å². The van der Waals surface area contributed by atoms with Crippen molar-refractivity contribution in [3.05, 3.63) is 59.9 Å². The first-order valence-electron chi connectivity index (χ1n) is 8.23. The third-order valence-corrected chi connectivity index (χ3v) is 4.76. The van der Waals surface area contributed by atoms with E-state index in [0.29, 0.717) is 11.1 Å². The van der Waals surface area contributed by atoms with Crippen LogP contribution in [0, 0.1) is 0 Å². The number of para-hydroxylation sites is 2. The number of halogens is 3. The molecule has 29 heavy (non-hydrogen) atoms. The van der Waals surface area contributed by atoms with Crippen molar-refractivity contribution >= 4 is 34.5 Å². The summed E-state index contributed by atoms with van der Waals surface area (Å²) in [5.41, 5.74) is 0.281. The fourth-order valence-electron chi connectivity index (χ4n) is 2.48. The summed E-state index contributed by atoms with van der Waals surface area (Å²) in [6, 6.07) is 12.5. The van der Waals surface area contributed by atoms with Gasteiger partial charge in [0.05, 0.1) is 23.9 Å². The summed E-state index contributed by atoms with van der Waals surface area (Å²) in [6.07, 6.45) is -4.72. The third kappa shape index (κ3) is 4.83. The van der Waals surface area contributed by atoms with Crippen LogP contribution in [0.3, 0.4) is 0 Å². The number of amides is 2. The van der Waals surface area contributed by atoms with Crippen LogP contribution in [-0.4, -0.2) is 34.6 Å². The van der Waals surface area contributed by atoms with E-state index in [4.69, 9.17) is 4.74 Å². The maximum Gasteiger partial charge on any atom is 0.451 e. The molecule has 3 rings (SSSR count).